The van der Waals surface area contributed by atoms with Crippen LogP contribution in [0.3, 0.4) is 0 Å². The second kappa shape index (κ2) is 7.56. The molecule has 0 amide bonds. The van der Waals surface area contributed by atoms with Gasteiger partial charge in [0.05, 0.1) is 25.3 Å². The summed E-state index contributed by atoms with van der Waals surface area (Å²) in [6.07, 6.45) is 0.739. The summed E-state index contributed by atoms with van der Waals surface area (Å²) in [5.41, 5.74) is 1.08. The van der Waals surface area contributed by atoms with Gasteiger partial charge in [-0.15, -0.1) is 0 Å². The number of rotatable bonds is 4. The van der Waals surface area contributed by atoms with Crippen molar-refractivity contribution in [2.45, 2.75) is 51.4 Å². The molecule has 0 aliphatic carbocycles. The third-order valence-electron chi connectivity index (χ3n) is 4.91. The Kier molecular flexibility index (Phi) is 6.13. The summed E-state index contributed by atoms with van der Waals surface area (Å²) in [4.78, 5) is 13.5. The van der Waals surface area contributed by atoms with E-state index in [9.17, 15) is 9.90 Å². The Bertz CT molecular complexity index is 611. The first-order valence-corrected chi connectivity index (χ1v) is 8.67. The molecule has 1 aromatic rings. The molecule has 136 valence electrons. The molecule has 2 aliphatic rings. The minimum Gasteiger partial charge on any atom is -1.00 e. The molecule has 1 aromatic heterocycles. The predicted octanol–water partition coefficient (Wildman–Crippen LogP) is -2.97. The minimum atomic E-state index is -0.430. The van der Waals surface area contributed by atoms with Crippen LogP contribution in [0.2, 0.25) is 0 Å². The molecule has 2 unspecified atom stereocenters. The standard InChI is InChI=1S/C18H28N2O3.ClH/c1-18(2,3)23-12-15(21)11-19-8-13-7-14(10-19)16-5-4-6-17(22)20(16)9-13;/h4-6,13-15,21H,7-12H2,1-3H3;1H/t13-,14-,15?;/m0./s1. The lowest BCUT2D eigenvalue weighted by Gasteiger charge is -2.41. The molecular formula is C18H29ClN2O3. The van der Waals surface area contributed by atoms with Crippen LogP contribution in [0.4, 0.5) is 0 Å². The second-order valence-electron chi connectivity index (χ2n) is 8.14. The number of nitrogens with zero attached hydrogens (tertiary/aromatic N) is 1. The Labute approximate surface area is 150 Å². The topological polar surface area (TPSA) is 55.9 Å². The molecule has 2 aliphatic heterocycles. The molecule has 2 N–H and O–H groups in total. The summed E-state index contributed by atoms with van der Waals surface area (Å²) in [6, 6.07) is 5.61. The van der Waals surface area contributed by atoms with Crippen molar-refractivity contribution < 1.29 is 27.2 Å². The highest BCUT2D eigenvalue weighted by Gasteiger charge is 2.37. The van der Waals surface area contributed by atoms with Crippen LogP contribution >= 0.6 is 0 Å². The average molecular weight is 357 g/mol. The summed E-state index contributed by atoms with van der Waals surface area (Å²) in [5.74, 6) is 0.967. The monoisotopic (exact) mass is 356 g/mol. The fourth-order valence-corrected chi connectivity index (χ4v) is 4.02. The molecule has 5 nitrogen and oxygen atoms in total. The zero-order chi connectivity index (χ0) is 16.6. The Balaban J connectivity index is 0.00000208. The molecule has 4 atom stereocenters. The molecule has 1 fully saturated rings. The van der Waals surface area contributed by atoms with Gasteiger partial charge in [-0.25, -0.2) is 0 Å². The number of fused-ring (bicyclic) bond motifs is 4. The summed E-state index contributed by atoms with van der Waals surface area (Å²) in [7, 11) is 0. The van der Waals surface area contributed by atoms with Crippen molar-refractivity contribution in [3.8, 4) is 0 Å². The summed E-state index contributed by atoms with van der Waals surface area (Å²) in [6.45, 7) is 9.98. The third kappa shape index (κ3) is 4.60. The van der Waals surface area contributed by atoms with Crippen molar-refractivity contribution in [2.24, 2.45) is 5.92 Å². The largest absolute Gasteiger partial charge is 1.00 e. The third-order valence-corrected chi connectivity index (χ3v) is 4.91. The molecule has 3 heterocycles. The Morgan fingerprint density at radius 2 is 2.12 bits per heavy atom. The predicted molar refractivity (Wildman–Crippen MR) is 88.8 cm³/mol. The van der Waals surface area contributed by atoms with Crippen LogP contribution in [-0.4, -0.2) is 47.6 Å². The molecule has 6 heteroatoms. The van der Waals surface area contributed by atoms with E-state index in [1.807, 2.05) is 31.4 Å². The fraction of sp³-hybridized carbons (Fsp3) is 0.722. The Morgan fingerprint density at radius 3 is 2.83 bits per heavy atom. The van der Waals surface area contributed by atoms with Crippen LogP contribution in [0, 0.1) is 5.92 Å². The molecule has 0 spiro atoms. The van der Waals surface area contributed by atoms with E-state index in [4.69, 9.17) is 4.74 Å². The molecule has 24 heavy (non-hydrogen) atoms. The molecule has 0 saturated carbocycles. The van der Waals surface area contributed by atoms with Gasteiger partial charge in [-0.3, -0.25) is 4.79 Å². The van der Waals surface area contributed by atoms with Crippen molar-refractivity contribution in [2.75, 3.05) is 26.2 Å². The number of hydrogen-bond acceptors (Lipinski definition) is 3. The average Bonchev–Trinajstić information content (AvgIpc) is 2.46. The minimum absolute atomic E-state index is 0. The van der Waals surface area contributed by atoms with Gasteiger partial charge in [0.2, 0.25) is 0 Å². The first-order chi connectivity index (χ1) is 10.8. The van der Waals surface area contributed by atoms with Gasteiger partial charge in [-0.2, -0.15) is 0 Å². The molecule has 0 radical (unpaired) electrons. The van der Waals surface area contributed by atoms with Gasteiger partial charge in [0.15, 0.2) is 0 Å². The van der Waals surface area contributed by atoms with Gasteiger partial charge in [0, 0.05) is 30.1 Å². The molecular weight excluding hydrogens is 328 g/mol. The maximum Gasteiger partial charge on any atom is 0.250 e. The highest BCUT2D eigenvalue weighted by Crippen LogP contribution is 2.29. The van der Waals surface area contributed by atoms with Gasteiger partial charge in [0.1, 0.15) is 12.6 Å². The zero-order valence-electron chi connectivity index (χ0n) is 14.8. The zero-order valence-corrected chi connectivity index (χ0v) is 15.6. The van der Waals surface area contributed by atoms with E-state index in [1.54, 1.807) is 6.07 Å². The van der Waals surface area contributed by atoms with Crippen molar-refractivity contribution in [1.82, 2.24) is 4.57 Å². The van der Waals surface area contributed by atoms with E-state index < -0.39 is 6.10 Å². The number of aromatic nitrogens is 1. The maximum absolute atomic E-state index is 12.0. The lowest BCUT2D eigenvalue weighted by Crippen LogP contribution is -3.15. The van der Waals surface area contributed by atoms with Gasteiger partial charge in [-0.05, 0) is 33.3 Å². The SMILES string of the molecule is CC(C)(C)OCC(O)C[NH+]1C[C@@H]2C[C@@H](C1)c1cccc(=O)n1C2.[Cl-]. The van der Waals surface area contributed by atoms with Crippen molar-refractivity contribution in [3.63, 3.8) is 0 Å². The maximum atomic E-state index is 12.0. The molecule has 1 saturated heterocycles. The summed E-state index contributed by atoms with van der Waals surface area (Å²) in [5, 5.41) is 10.3. The summed E-state index contributed by atoms with van der Waals surface area (Å²) < 4.78 is 7.64. The van der Waals surface area contributed by atoms with E-state index in [0.717, 1.165) is 26.2 Å². The first-order valence-electron chi connectivity index (χ1n) is 8.67. The lowest BCUT2D eigenvalue weighted by molar-refractivity contribution is -0.914. The second-order valence-corrected chi connectivity index (χ2v) is 8.14. The van der Waals surface area contributed by atoms with Gasteiger partial charge < -0.3 is 31.7 Å². The van der Waals surface area contributed by atoms with Gasteiger partial charge >= 0.3 is 0 Å². The molecule has 3 rings (SSSR count). The number of ether oxygens (including phenoxy) is 1. The number of aliphatic hydroxyl groups excluding tert-OH is 1. The van der Waals surface area contributed by atoms with Crippen LogP contribution in [0.15, 0.2) is 23.0 Å². The molecule has 2 bridgehead atoms. The number of nitrogens with one attached hydrogen (secondary N) is 1. The van der Waals surface area contributed by atoms with Gasteiger partial charge in [0.25, 0.3) is 5.56 Å². The van der Waals surface area contributed by atoms with E-state index >= 15 is 0 Å². The fourth-order valence-electron chi connectivity index (χ4n) is 4.02. The van der Waals surface area contributed by atoms with E-state index in [0.29, 0.717) is 18.4 Å². The number of quaternary nitrogens is 1. The van der Waals surface area contributed by atoms with E-state index in [2.05, 4.69) is 6.07 Å². The van der Waals surface area contributed by atoms with Crippen LogP contribution in [0.5, 0.6) is 0 Å². The van der Waals surface area contributed by atoms with Crippen molar-refractivity contribution >= 4 is 0 Å². The van der Waals surface area contributed by atoms with Crippen LogP contribution in [-0.2, 0) is 11.3 Å². The molecule has 0 aromatic carbocycles. The van der Waals surface area contributed by atoms with Crippen LogP contribution in [0.1, 0.15) is 38.8 Å². The van der Waals surface area contributed by atoms with Crippen LogP contribution < -0.4 is 22.9 Å². The van der Waals surface area contributed by atoms with Crippen molar-refractivity contribution in [3.05, 3.63) is 34.2 Å². The van der Waals surface area contributed by atoms with E-state index in [-0.39, 0.29) is 23.6 Å². The number of piperidine rings is 1. The normalized spacial score (nSPS) is 27.1. The van der Waals surface area contributed by atoms with Crippen LogP contribution in [0.25, 0.3) is 0 Å². The van der Waals surface area contributed by atoms with E-state index in [1.165, 1.54) is 17.0 Å². The number of aliphatic hydroxyl groups is 1. The smallest absolute Gasteiger partial charge is 0.250 e. The highest BCUT2D eigenvalue weighted by molar-refractivity contribution is 5.15. The Hall–Kier alpha value is -0.880. The lowest BCUT2D eigenvalue weighted by atomic mass is 9.83. The quantitative estimate of drug-likeness (QED) is 0.606. The number of pyridine rings is 1. The van der Waals surface area contributed by atoms with Crippen molar-refractivity contribution in [1.29, 1.82) is 0 Å². The summed E-state index contributed by atoms with van der Waals surface area (Å²) >= 11 is 0. The highest BCUT2D eigenvalue weighted by atomic mass is 35.5. The number of hydrogen-bond donors (Lipinski definition) is 2. The van der Waals surface area contributed by atoms with Gasteiger partial charge in [-0.1, -0.05) is 6.07 Å². The number of halogens is 1. The Morgan fingerprint density at radius 1 is 1.38 bits per heavy atom. The number of likely N-dealkylation sites (tertiary alicyclic amines) is 1. The first kappa shape index (κ1) is 19.4.